The third-order valence-corrected chi connectivity index (χ3v) is 4.87. The molecule has 170 valence electrons. The highest BCUT2D eigenvalue weighted by atomic mass is 35.5. The predicted molar refractivity (Wildman–Crippen MR) is 111 cm³/mol. The molecule has 1 unspecified atom stereocenters. The number of benzene rings is 2. The van der Waals surface area contributed by atoms with Crippen LogP contribution in [0.2, 0.25) is 5.02 Å². The molecule has 33 heavy (non-hydrogen) atoms. The van der Waals surface area contributed by atoms with Crippen LogP contribution in [0.1, 0.15) is 27.6 Å². The summed E-state index contributed by atoms with van der Waals surface area (Å²) in [6, 6.07) is 6.84. The molecule has 3 rings (SSSR count). The average molecular weight is 477 g/mol. The van der Waals surface area contributed by atoms with Gasteiger partial charge in [-0.05, 0) is 19.1 Å². The number of non-ortho nitro benzene ring substituents is 1. The van der Waals surface area contributed by atoms with Crippen molar-refractivity contribution in [2.75, 3.05) is 11.9 Å². The topological polar surface area (TPSA) is 179 Å². The van der Waals surface area contributed by atoms with Crippen LogP contribution in [0.25, 0.3) is 0 Å². The predicted octanol–water partition coefficient (Wildman–Crippen LogP) is 2.32. The van der Waals surface area contributed by atoms with Gasteiger partial charge in [0, 0.05) is 18.2 Å². The Morgan fingerprint density at radius 1 is 1.12 bits per heavy atom. The van der Waals surface area contributed by atoms with Gasteiger partial charge in [-0.25, -0.2) is 0 Å². The summed E-state index contributed by atoms with van der Waals surface area (Å²) in [5.74, 6) is -3.90. The number of nitro groups is 2. The van der Waals surface area contributed by atoms with E-state index in [4.69, 9.17) is 16.3 Å². The van der Waals surface area contributed by atoms with Gasteiger partial charge in [-0.15, -0.1) is 0 Å². The highest BCUT2D eigenvalue weighted by Crippen LogP contribution is 2.31. The smallest absolute Gasteiger partial charge is 0.326 e. The van der Waals surface area contributed by atoms with E-state index in [1.807, 2.05) is 0 Å². The van der Waals surface area contributed by atoms with Gasteiger partial charge in [-0.3, -0.25) is 44.3 Å². The number of hydrogen-bond donors (Lipinski definition) is 1. The SMILES string of the molecule is CC(OC(=O)CN1C(=O)c2cccc([N+](=O)[O-])c2C1=O)C(=O)Nc1ccc([N+](=O)[O-])cc1Cl. The first-order chi connectivity index (χ1) is 15.5. The number of nitro benzene ring substituents is 2. The Bertz CT molecular complexity index is 1230. The maximum atomic E-state index is 12.5. The lowest BCUT2D eigenvalue weighted by Crippen LogP contribution is -2.38. The first-order valence-electron chi connectivity index (χ1n) is 9.09. The molecule has 0 saturated carbocycles. The number of halogens is 1. The number of hydrogen-bond acceptors (Lipinski definition) is 9. The van der Waals surface area contributed by atoms with E-state index in [0.29, 0.717) is 4.90 Å². The molecule has 0 radical (unpaired) electrons. The number of nitrogens with one attached hydrogen (secondary N) is 1. The normalized spacial score (nSPS) is 13.3. The van der Waals surface area contributed by atoms with Crippen LogP contribution in [0.5, 0.6) is 0 Å². The Morgan fingerprint density at radius 3 is 2.42 bits per heavy atom. The molecule has 2 aromatic carbocycles. The van der Waals surface area contributed by atoms with Gasteiger partial charge >= 0.3 is 5.97 Å². The van der Waals surface area contributed by atoms with Crippen molar-refractivity contribution in [3.63, 3.8) is 0 Å². The molecule has 1 aliphatic heterocycles. The molecule has 14 heteroatoms. The number of imide groups is 1. The van der Waals surface area contributed by atoms with E-state index in [2.05, 4.69) is 5.32 Å². The van der Waals surface area contributed by atoms with Crippen molar-refractivity contribution < 1.29 is 33.8 Å². The van der Waals surface area contributed by atoms with Crippen molar-refractivity contribution in [1.29, 1.82) is 0 Å². The monoisotopic (exact) mass is 476 g/mol. The number of carbonyl (C=O) groups excluding carboxylic acids is 4. The number of carbonyl (C=O) groups is 4. The van der Waals surface area contributed by atoms with Gasteiger partial charge in [0.1, 0.15) is 12.1 Å². The maximum Gasteiger partial charge on any atom is 0.326 e. The zero-order valence-corrected chi connectivity index (χ0v) is 17.4. The number of ether oxygens (including phenoxy) is 1. The molecule has 13 nitrogen and oxygen atoms in total. The number of esters is 1. The molecule has 1 aliphatic rings. The minimum absolute atomic E-state index is 0.0304. The van der Waals surface area contributed by atoms with E-state index in [1.165, 1.54) is 25.1 Å². The van der Waals surface area contributed by atoms with E-state index in [0.717, 1.165) is 18.2 Å². The fourth-order valence-corrected chi connectivity index (χ4v) is 3.20. The summed E-state index contributed by atoms with van der Waals surface area (Å²) in [6.07, 6.45) is -1.40. The van der Waals surface area contributed by atoms with Crippen LogP contribution in [0.15, 0.2) is 36.4 Å². The second kappa shape index (κ2) is 9.00. The molecule has 0 bridgehead atoms. The third kappa shape index (κ3) is 4.62. The lowest BCUT2D eigenvalue weighted by Gasteiger charge is -2.17. The van der Waals surface area contributed by atoms with E-state index in [1.54, 1.807) is 0 Å². The third-order valence-electron chi connectivity index (χ3n) is 4.56. The molecule has 0 aromatic heterocycles. The summed E-state index contributed by atoms with van der Waals surface area (Å²) < 4.78 is 4.94. The van der Waals surface area contributed by atoms with Gasteiger partial charge in [0.15, 0.2) is 6.10 Å². The number of nitrogens with zero attached hydrogens (tertiary/aromatic N) is 3. The van der Waals surface area contributed by atoms with Gasteiger partial charge in [0.2, 0.25) is 0 Å². The first kappa shape index (κ1) is 23.3. The van der Waals surface area contributed by atoms with Crippen LogP contribution in [-0.4, -0.2) is 51.1 Å². The van der Waals surface area contributed by atoms with Gasteiger partial charge in [-0.1, -0.05) is 17.7 Å². The van der Waals surface area contributed by atoms with Crippen molar-refractivity contribution >= 4 is 52.4 Å². The molecule has 1 heterocycles. The zero-order chi connectivity index (χ0) is 24.4. The van der Waals surface area contributed by atoms with E-state index in [9.17, 15) is 39.4 Å². The number of amides is 3. The summed E-state index contributed by atoms with van der Waals surface area (Å²) in [5, 5.41) is 24.1. The van der Waals surface area contributed by atoms with Gasteiger partial charge in [0.05, 0.1) is 26.1 Å². The van der Waals surface area contributed by atoms with Crippen LogP contribution in [0, 0.1) is 20.2 Å². The molecule has 1 atom stereocenters. The Morgan fingerprint density at radius 2 is 1.82 bits per heavy atom. The van der Waals surface area contributed by atoms with Crippen molar-refractivity contribution in [2.45, 2.75) is 13.0 Å². The first-order valence-corrected chi connectivity index (χ1v) is 9.47. The second-order valence-corrected chi connectivity index (χ2v) is 7.10. The standard InChI is InChI=1S/C19H13ClN4O9/c1-9(17(26)21-13-6-5-10(23(29)30)7-12(13)20)33-15(25)8-22-18(27)11-3-2-4-14(24(31)32)16(11)19(22)28/h2-7,9H,8H2,1H3,(H,21,26). The van der Waals surface area contributed by atoms with Gasteiger partial charge in [-0.2, -0.15) is 0 Å². The summed E-state index contributed by atoms with van der Waals surface area (Å²) in [7, 11) is 0. The summed E-state index contributed by atoms with van der Waals surface area (Å²) in [4.78, 5) is 70.3. The van der Waals surface area contributed by atoms with E-state index in [-0.39, 0.29) is 22.0 Å². The Kier molecular flexibility index (Phi) is 6.35. The van der Waals surface area contributed by atoms with Gasteiger partial charge in [0.25, 0.3) is 29.1 Å². The molecular weight excluding hydrogens is 464 g/mol. The lowest BCUT2D eigenvalue weighted by molar-refractivity contribution is -0.385. The van der Waals surface area contributed by atoms with Crippen molar-refractivity contribution in [1.82, 2.24) is 4.90 Å². The molecule has 0 aliphatic carbocycles. The van der Waals surface area contributed by atoms with Crippen LogP contribution < -0.4 is 5.32 Å². The van der Waals surface area contributed by atoms with E-state index < -0.39 is 57.4 Å². The summed E-state index contributed by atoms with van der Waals surface area (Å²) in [6.45, 7) is 0.332. The summed E-state index contributed by atoms with van der Waals surface area (Å²) >= 11 is 5.90. The fourth-order valence-electron chi connectivity index (χ4n) is 2.98. The minimum Gasteiger partial charge on any atom is -0.451 e. The van der Waals surface area contributed by atoms with Gasteiger partial charge < -0.3 is 10.1 Å². The Hall–Kier alpha value is -4.39. The lowest BCUT2D eigenvalue weighted by atomic mass is 10.1. The zero-order valence-electron chi connectivity index (χ0n) is 16.6. The minimum atomic E-state index is -1.40. The number of fused-ring (bicyclic) bond motifs is 1. The second-order valence-electron chi connectivity index (χ2n) is 6.70. The Labute approximate surface area is 189 Å². The molecule has 0 fully saturated rings. The largest absolute Gasteiger partial charge is 0.451 e. The highest BCUT2D eigenvalue weighted by molar-refractivity contribution is 6.34. The van der Waals surface area contributed by atoms with Crippen molar-refractivity contribution in [3.05, 3.63) is 72.8 Å². The molecule has 1 N–H and O–H groups in total. The average Bonchev–Trinajstić information content (AvgIpc) is 2.99. The van der Waals surface area contributed by atoms with Crippen LogP contribution in [-0.2, 0) is 14.3 Å². The van der Waals surface area contributed by atoms with Crippen LogP contribution in [0.4, 0.5) is 17.1 Å². The van der Waals surface area contributed by atoms with Crippen LogP contribution in [0.3, 0.4) is 0 Å². The number of rotatable bonds is 7. The molecule has 0 saturated heterocycles. The van der Waals surface area contributed by atoms with E-state index >= 15 is 0 Å². The molecular formula is C19H13ClN4O9. The highest BCUT2D eigenvalue weighted by Gasteiger charge is 2.42. The van der Waals surface area contributed by atoms with Crippen molar-refractivity contribution in [2.24, 2.45) is 0 Å². The molecule has 3 amide bonds. The number of anilines is 1. The Balaban J connectivity index is 1.65. The van der Waals surface area contributed by atoms with Crippen molar-refractivity contribution in [3.8, 4) is 0 Å². The maximum absolute atomic E-state index is 12.5. The van der Waals surface area contributed by atoms with Crippen LogP contribution >= 0.6 is 11.6 Å². The fraction of sp³-hybridized carbons (Fsp3) is 0.158. The molecule has 0 spiro atoms. The molecule has 2 aromatic rings. The summed E-state index contributed by atoms with van der Waals surface area (Å²) in [5.41, 5.74) is -1.49. The quantitative estimate of drug-likeness (QED) is 0.271.